The highest BCUT2D eigenvalue weighted by Gasteiger charge is 2.26. The Kier molecular flexibility index (Phi) is 27.4. The van der Waals surface area contributed by atoms with Crippen LogP contribution in [-0.4, -0.2) is 32.8 Å². The number of hydrogen-bond donors (Lipinski definition) is 4. The summed E-state index contributed by atoms with van der Waals surface area (Å²) >= 11 is 4.72. The molecule has 23 heteroatoms. The van der Waals surface area contributed by atoms with Crippen molar-refractivity contribution in [3.63, 3.8) is 0 Å². The normalized spacial score (nSPS) is 17.7. The molecule has 0 spiro atoms. The number of phosphoric acid groups is 4. The average Bonchev–Trinajstić information content (AvgIpc) is 2.40. The Labute approximate surface area is 238 Å². The third kappa shape index (κ3) is 45.4. The Bertz CT molecular complexity index is 773. The Hall–Kier alpha value is 3.05. The van der Waals surface area contributed by atoms with Gasteiger partial charge >= 0.3 is 15.6 Å². The molecule has 0 aromatic rings. The molecule has 5 unspecified atom stereocenters. The standard InChI is InChI=1S/2C5H12O7P2.H2I2P2.HI/c2*1-5(2)3-4-11-14(9,10)12-13(6,7)8;1-4(2)3;/h3H,4H2,1-2H3,(H,9,10)(H2,6,7,8);1,3-4H2,2H3,(H,9,10)(H2,6,7,8);3H2;1H/p-2. The van der Waals surface area contributed by atoms with Crippen molar-refractivity contribution in [3.8, 4) is 0 Å². The largest absolute Gasteiger partial charge is 0.756 e. The molecule has 0 aliphatic rings. The molecule has 0 saturated heterocycles. The van der Waals surface area contributed by atoms with Crippen LogP contribution in [0.5, 0.6) is 0 Å². The molecule has 202 valence electrons. The van der Waals surface area contributed by atoms with E-state index in [-0.39, 0.29) is 46.5 Å². The predicted molar refractivity (Wildman–Crippen MR) is 152 cm³/mol. The third-order valence-electron chi connectivity index (χ3n) is 1.93. The van der Waals surface area contributed by atoms with Crippen LogP contribution in [0.3, 0.4) is 0 Å². The van der Waals surface area contributed by atoms with Gasteiger partial charge in [-0.15, -0.1) is 30.6 Å². The van der Waals surface area contributed by atoms with Crippen molar-refractivity contribution < 1.29 is 65.3 Å². The lowest BCUT2D eigenvalue weighted by Gasteiger charge is -2.18. The van der Waals surface area contributed by atoms with E-state index < -0.39 is 31.3 Å². The molecule has 5 atom stereocenters. The van der Waals surface area contributed by atoms with Gasteiger partial charge in [0.05, 0.1) is 13.2 Å². The summed E-state index contributed by atoms with van der Waals surface area (Å²) < 4.78 is 57.2. The second-order valence-electron chi connectivity index (χ2n) is 5.41. The van der Waals surface area contributed by atoms with Crippen LogP contribution in [-0.2, 0) is 35.9 Å². The van der Waals surface area contributed by atoms with Crippen molar-refractivity contribution >= 4 is 111 Å². The molecule has 4 N–H and O–H groups in total. The first-order valence-corrected chi connectivity index (χ1v) is 22.1. The zero-order chi connectivity index (χ0) is 26.4. The first-order chi connectivity index (χ1) is 14.0. The first kappa shape index (κ1) is 43.1. The fraction of sp³-hybridized carbons (Fsp3) is 0.600. The minimum absolute atomic E-state index is 0. The number of allylic oxidation sites excluding steroid dienone is 1. The van der Waals surface area contributed by atoms with Gasteiger partial charge in [0.1, 0.15) is 0 Å². The van der Waals surface area contributed by atoms with Gasteiger partial charge in [-0.2, -0.15) is 0 Å². The van der Waals surface area contributed by atoms with Crippen LogP contribution in [0.4, 0.5) is 0 Å². The van der Waals surface area contributed by atoms with E-state index in [1.807, 2.05) is 0 Å². The number of hydrogen-bond acceptors (Lipinski definition) is 10. The molecule has 0 bridgehead atoms. The second-order valence-corrected chi connectivity index (χ2v) is 31.1. The maximum atomic E-state index is 10.8. The molecule has 0 fully saturated rings. The predicted octanol–water partition coefficient (Wildman–Crippen LogP) is 4.67. The molecule has 0 heterocycles. The summed E-state index contributed by atoms with van der Waals surface area (Å²) in [4.78, 5) is 53.8. The summed E-state index contributed by atoms with van der Waals surface area (Å²) in [6, 6.07) is 0. The van der Waals surface area contributed by atoms with Gasteiger partial charge in [-0.25, -0.2) is 17.8 Å². The lowest BCUT2D eigenvalue weighted by Crippen LogP contribution is -2.04. The highest BCUT2D eigenvalue weighted by Crippen LogP contribution is 2.60. The zero-order valence-electron chi connectivity index (χ0n) is 17.3. The third-order valence-corrected chi connectivity index (χ3v) is 6.21. The van der Waals surface area contributed by atoms with Crippen LogP contribution in [0, 0.1) is 0 Å². The van der Waals surface area contributed by atoms with E-state index in [2.05, 4.69) is 77.3 Å². The van der Waals surface area contributed by atoms with Crippen molar-refractivity contribution in [1.29, 1.82) is 0 Å². The highest BCUT2D eigenvalue weighted by molar-refractivity contribution is 14.3. The van der Waals surface area contributed by atoms with Crippen molar-refractivity contribution in [2.45, 2.75) is 27.2 Å². The molecule has 33 heavy (non-hydrogen) atoms. The van der Waals surface area contributed by atoms with Gasteiger partial charge in [-0.05, 0) is 71.3 Å². The Morgan fingerprint density at radius 2 is 1.30 bits per heavy atom. The van der Waals surface area contributed by atoms with Gasteiger partial charge in [-0.1, -0.05) is 26.2 Å². The lowest BCUT2D eigenvalue weighted by molar-refractivity contribution is -0.214. The average molecular weight is 936 g/mol. The summed E-state index contributed by atoms with van der Waals surface area (Å²) in [5.41, 5.74) is 1.51. The van der Waals surface area contributed by atoms with E-state index in [4.69, 9.17) is 19.6 Å². The fourth-order valence-electron chi connectivity index (χ4n) is 0.941. The topological polar surface area (TPSA) is 232 Å². The van der Waals surface area contributed by atoms with Crippen LogP contribution < -0.4 is 9.79 Å². The van der Waals surface area contributed by atoms with Gasteiger partial charge in [0.25, 0.3) is 15.6 Å². The molecule has 0 aromatic heterocycles. The van der Waals surface area contributed by atoms with Gasteiger partial charge in [0.15, 0.2) is 0 Å². The summed E-state index contributed by atoms with van der Waals surface area (Å²) in [5.74, 6) is 0. The van der Waals surface area contributed by atoms with E-state index in [9.17, 15) is 28.0 Å². The Morgan fingerprint density at radius 3 is 1.58 bits per heavy atom. The van der Waals surface area contributed by atoms with Crippen LogP contribution in [0.1, 0.15) is 27.2 Å². The molecular weight excluding hydrogens is 911 g/mol. The number of phosphoric ester groups is 2. The Balaban J connectivity index is -0.000000213. The summed E-state index contributed by atoms with van der Waals surface area (Å²) in [6.45, 7) is 8.09. The number of rotatable bonds is 11. The molecule has 0 amide bonds. The van der Waals surface area contributed by atoms with Crippen molar-refractivity contribution in [1.82, 2.24) is 0 Å². The summed E-state index contributed by atoms with van der Waals surface area (Å²) in [6.07, 6.45) is 1.72. The van der Waals surface area contributed by atoms with Crippen LogP contribution in [0.25, 0.3) is 0 Å². The highest BCUT2D eigenvalue weighted by atomic mass is 127. The van der Waals surface area contributed by atoms with Crippen molar-refractivity contribution in [2.24, 2.45) is 0 Å². The van der Waals surface area contributed by atoms with Gasteiger partial charge in [0, 0.05) is 2.90 Å². The minimum Gasteiger partial charge on any atom is -0.756 e. The van der Waals surface area contributed by atoms with Crippen LogP contribution in [0.2, 0.25) is 0 Å². The second kappa shape index (κ2) is 20.9. The van der Waals surface area contributed by atoms with E-state index in [0.29, 0.717) is 5.57 Å². The molecule has 0 aliphatic carbocycles. The molecule has 0 radical (unpaired) electrons. The smallest absolute Gasteiger partial charge is 0.479 e. The fourth-order valence-corrected chi connectivity index (χ4v) is 3.99. The van der Waals surface area contributed by atoms with E-state index in [1.54, 1.807) is 20.8 Å². The molecule has 0 aliphatic heterocycles. The SMILES string of the molecule is C=C(C)CCOP(=O)(O)OP(=O)([O-])O.CC(C)=CCOP(=O)(O)OP(=O)([O-])O.I.PP(I)I. The summed E-state index contributed by atoms with van der Waals surface area (Å²) in [5, 5.41) is 0. The maximum absolute atomic E-state index is 10.8. The van der Waals surface area contributed by atoms with E-state index in [0.717, 1.165) is 5.57 Å². The maximum Gasteiger partial charge on any atom is 0.479 e. The molecule has 0 aromatic carbocycles. The quantitative estimate of drug-likeness (QED) is 0.125. The summed E-state index contributed by atoms with van der Waals surface area (Å²) in [7, 11) is -17.3. The van der Waals surface area contributed by atoms with Gasteiger partial charge in [-0.3, -0.25) is 18.2 Å². The molecule has 0 saturated carbocycles. The monoisotopic (exact) mass is 936 g/mol. The Morgan fingerprint density at radius 1 is 0.970 bits per heavy atom. The molecular formula is C10H25I3O14P6-2. The first-order valence-electron chi connectivity index (χ1n) is 7.57. The van der Waals surface area contributed by atoms with Crippen molar-refractivity contribution in [3.05, 3.63) is 23.8 Å². The zero-order valence-corrected chi connectivity index (χ0v) is 29.5. The minimum atomic E-state index is -5.26. The van der Waals surface area contributed by atoms with E-state index >= 15 is 0 Å². The van der Waals surface area contributed by atoms with Crippen LogP contribution in [0.15, 0.2) is 23.8 Å². The van der Waals surface area contributed by atoms with Gasteiger partial charge in [0.2, 0.25) is 0 Å². The molecule has 14 nitrogen and oxygen atoms in total. The van der Waals surface area contributed by atoms with E-state index in [1.165, 1.54) is 6.08 Å². The van der Waals surface area contributed by atoms with Crippen molar-refractivity contribution in [2.75, 3.05) is 13.2 Å². The lowest BCUT2D eigenvalue weighted by atomic mass is 10.3. The number of halogens is 3. The van der Waals surface area contributed by atoms with Gasteiger partial charge < -0.3 is 29.4 Å². The molecule has 0 rings (SSSR count). The van der Waals surface area contributed by atoms with Crippen LogP contribution >= 0.6 is 111 Å².